The van der Waals surface area contributed by atoms with Crippen molar-refractivity contribution in [2.45, 2.75) is 39.8 Å². The molecule has 0 atom stereocenters. The van der Waals surface area contributed by atoms with Gasteiger partial charge in [-0.25, -0.2) is 0 Å². The van der Waals surface area contributed by atoms with E-state index in [9.17, 15) is 4.79 Å². The van der Waals surface area contributed by atoms with Gasteiger partial charge in [-0.15, -0.1) is 0 Å². The number of ether oxygens (including phenoxy) is 1. The van der Waals surface area contributed by atoms with Crippen LogP contribution in [0.5, 0.6) is 0 Å². The maximum Gasteiger partial charge on any atom is 0.176 e. The predicted molar refractivity (Wildman–Crippen MR) is 60.1 cm³/mol. The highest BCUT2D eigenvalue weighted by Gasteiger charge is 2.10. The molecule has 0 aliphatic carbocycles. The monoisotopic (exact) mass is 209 g/mol. The quantitative estimate of drug-likeness (QED) is 0.713. The Balaban J connectivity index is 2.51. The van der Waals surface area contributed by atoms with Crippen LogP contribution in [0.15, 0.2) is 18.3 Å². The van der Waals surface area contributed by atoms with Crippen molar-refractivity contribution in [2.24, 2.45) is 0 Å². The Kier molecular flexibility index (Phi) is 3.69. The van der Waals surface area contributed by atoms with E-state index in [1.807, 2.05) is 43.7 Å². The number of carbonyl (C=O) groups excluding carboxylic acids is 1. The highest BCUT2D eigenvalue weighted by atomic mass is 16.5. The Morgan fingerprint density at radius 1 is 1.47 bits per heavy atom. The Hall–Kier alpha value is -1.09. The Bertz CT molecular complexity index is 334. The third kappa shape index (κ3) is 3.88. The summed E-state index contributed by atoms with van der Waals surface area (Å²) in [5, 5.41) is 0. The zero-order valence-corrected chi connectivity index (χ0v) is 9.91. The fraction of sp³-hybridized carbons (Fsp3) is 0.583. The van der Waals surface area contributed by atoms with Crippen LogP contribution in [-0.2, 0) is 11.3 Å². The number of rotatable bonds is 4. The number of Topliss-reactive ketones (excluding diaryl/α,β-unsaturated/α-hetero) is 1. The second kappa shape index (κ2) is 4.62. The van der Waals surface area contributed by atoms with Gasteiger partial charge in [-0.3, -0.25) is 4.79 Å². The molecule has 0 saturated carbocycles. The fourth-order valence-corrected chi connectivity index (χ4v) is 1.38. The topological polar surface area (TPSA) is 31.2 Å². The van der Waals surface area contributed by atoms with Crippen LogP contribution in [0.2, 0.25) is 0 Å². The molecular formula is C12H19NO2. The summed E-state index contributed by atoms with van der Waals surface area (Å²) in [5.41, 5.74) is 0.622. The smallest absolute Gasteiger partial charge is 0.176 e. The zero-order chi connectivity index (χ0) is 11.5. The zero-order valence-electron chi connectivity index (χ0n) is 9.91. The minimum absolute atomic E-state index is 0.0933. The molecule has 0 radical (unpaired) electrons. The second-order valence-electron chi connectivity index (χ2n) is 4.60. The molecule has 1 rings (SSSR count). The summed E-state index contributed by atoms with van der Waals surface area (Å²) in [6, 6.07) is 3.72. The number of hydrogen-bond acceptors (Lipinski definition) is 2. The van der Waals surface area contributed by atoms with Gasteiger partial charge >= 0.3 is 0 Å². The average Bonchev–Trinajstić information content (AvgIpc) is 2.49. The van der Waals surface area contributed by atoms with Gasteiger partial charge in [0.15, 0.2) is 5.78 Å². The number of ketones is 1. The summed E-state index contributed by atoms with van der Waals surface area (Å²) >= 11 is 0. The van der Waals surface area contributed by atoms with Gasteiger partial charge in [0, 0.05) is 19.7 Å². The molecule has 0 aliphatic rings. The van der Waals surface area contributed by atoms with Gasteiger partial charge in [0.25, 0.3) is 0 Å². The van der Waals surface area contributed by atoms with Crippen molar-refractivity contribution in [2.75, 3.05) is 6.61 Å². The molecule has 1 heterocycles. The standard InChI is InChI=1S/C12H19NO2/c1-10(14)11-6-5-7-13(11)8-9-15-12(2,3)4/h5-7H,8-9H2,1-4H3. The Morgan fingerprint density at radius 3 is 2.67 bits per heavy atom. The lowest BCUT2D eigenvalue weighted by Gasteiger charge is -2.20. The number of nitrogens with zero attached hydrogens (tertiary/aromatic N) is 1. The first-order valence-electron chi connectivity index (χ1n) is 5.20. The van der Waals surface area contributed by atoms with Crippen LogP contribution < -0.4 is 0 Å². The number of carbonyl (C=O) groups is 1. The van der Waals surface area contributed by atoms with Crippen LogP contribution in [0.3, 0.4) is 0 Å². The largest absolute Gasteiger partial charge is 0.374 e. The van der Waals surface area contributed by atoms with Crippen molar-refractivity contribution in [1.82, 2.24) is 4.57 Å². The number of aromatic nitrogens is 1. The molecule has 0 spiro atoms. The lowest BCUT2D eigenvalue weighted by atomic mass is 10.2. The third-order valence-corrected chi connectivity index (χ3v) is 2.06. The van der Waals surface area contributed by atoms with Crippen LogP contribution in [0.1, 0.15) is 38.2 Å². The van der Waals surface area contributed by atoms with Crippen LogP contribution >= 0.6 is 0 Å². The van der Waals surface area contributed by atoms with Crippen LogP contribution in [0, 0.1) is 0 Å². The molecule has 84 valence electrons. The molecule has 0 aliphatic heterocycles. The normalized spacial score (nSPS) is 11.7. The van der Waals surface area contributed by atoms with E-state index < -0.39 is 0 Å². The summed E-state index contributed by atoms with van der Waals surface area (Å²) < 4.78 is 7.53. The lowest BCUT2D eigenvalue weighted by Crippen LogP contribution is -2.22. The Morgan fingerprint density at radius 2 is 2.13 bits per heavy atom. The molecule has 0 fully saturated rings. The van der Waals surface area contributed by atoms with Gasteiger partial charge in [0.2, 0.25) is 0 Å². The molecule has 3 heteroatoms. The van der Waals surface area contributed by atoms with Crippen LogP contribution in [0.4, 0.5) is 0 Å². The van der Waals surface area contributed by atoms with E-state index in [1.54, 1.807) is 6.92 Å². The summed E-state index contributed by atoms with van der Waals surface area (Å²) in [6.07, 6.45) is 1.91. The molecule has 1 aromatic heterocycles. The van der Waals surface area contributed by atoms with Gasteiger partial charge in [-0.1, -0.05) is 0 Å². The van der Waals surface area contributed by atoms with Crippen molar-refractivity contribution in [3.63, 3.8) is 0 Å². The molecule has 0 amide bonds. The molecule has 0 saturated heterocycles. The summed E-state index contributed by atoms with van der Waals surface area (Å²) in [4.78, 5) is 11.2. The van der Waals surface area contributed by atoms with E-state index in [2.05, 4.69) is 0 Å². The lowest BCUT2D eigenvalue weighted by molar-refractivity contribution is -0.00691. The van der Waals surface area contributed by atoms with E-state index in [1.165, 1.54) is 0 Å². The van der Waals surface area contributed by atoms with E-state index in [-0.39, 0.29) is 11.4 Å². The van der Waals surface area contributed by atoms with Gasteiger partial charge in [0.05, 0.1) is 17.9 Å². The van der Waals surface area contributed by atoms with Crippen molar-refractivity contribution in [3.05, 3.63) is 24.0 Å². The molecule has 0 N–H and O–H groups in total. The molecule has 0 aromatic carbocycles. The van der Waals surface area contributed by atoms with E-state index in [0.29, 0.717) is 6.61 Å². The summed E-state index contributed by atoms with van der Waals surface area (Å²) in [7, 11) is 0. The summed E-state index contributed by atoms with van der Waals surface area (Å²) in [5.74, 6) is 0.0933. The first-order valence-corrected chi connectivity index (χ1v) is 5.20. The first kappa shape index (κ1) is 12.0. The molecule has 0 unspecified atom stereocenters. The highest BCUT2D eigenvalue weighted by Crippen LogP contribution is 2.08. The van der Waals surface area contributed by atoms with Crippen LogP contribution in [-0.4, -0.2) is 22.6 Å². The van der Waals surface area contributed by atoms with E-state index >= 15 is 0 Å². The SMILES string of the molecule is CC(=O)c1cccn1CCOC(C)(C)C. The maximum atomic E-state index is 11.2. The maximum absolute atomic E-state index is 11.2. The minimum atomic E-state index is -0.121. The van der Waals surface area contributed by atoms with E-state index in [4.69, 9.17) is 4.74 Å². The second-order valence-corrected chi connectivity index (χ2v) is 4.60. The van der Waals surface area contributed by atoms with Gasteiger partial charge in [-0.05, 0) is 32.9 Å². The van der Waals surface area contributed by atoms with Crippen molar-refractivity contribution in [1.29, 1.82) is 0 Å². The van der Waals surface area contributed by atoms with Crippen molar-refractivity contribution in [3.8, 4) is 0 Å². The molecule has 3 nitrogen and oxygen atoms in total. The third-order valence-electron chi connectivity index (χ3n) is 2.06. The Labute approximate surface area is 91.0 Å². The molecule has 15 heavy (non-hydrogen) atoms. The van der Waals surface area contributed by atoms with Crippen LogP contribution in [0.25, 0.3) is 0 Å². The van der Waals surface area contributed by atoms with E-state index in [0.717, 1.165) is 12.2 Å². The van der Waals surface area contributed by atoms with Crippen molar-refractivity contribution < 1.29 is 9.53 Å². The average molecular weight is 209 g/mol. The molecular weight excluding hydrogens is 190 g/mol. The van der Waals surface area contributed by atoms with Gasteiger partial charge in [-0.2, -0.15) is 0 Å². The molecule has 1 aromatic rings. The number of hydrogen-bond donors (Lipinski definition) is 0. The van der Waals surface area contributed by atoms with Gasteiger partial charge in [0.1, 0.15) is 0 Å². The summed E-state index contributed by atoms with van der Waals surface area (Å²) in [6.45, 7) is 8.99. The minimum Gasteiger partial charge on any atom is -0.374 e. The fourth-order valence-electron chi connectivity index (χ4n) is 1.38. The molecule has 0 bridgehead atoms. The highest BCUT2D eigenvalue weighted by molar-refractivity contribution is 5.92. The van der Waals surface area contributed by atoms with Crippen molar-refractivity contribution >= 4 is 5.78 Å². The predicted octanol–water partition coefficient (Wildman–Crippen LogP) is 2.51. The van der Waals surface area contributed by atoms with Gasteiger partial charge < -0.3 is 9.30 Å². The first-order chi connectivity index (χ1) is 6.90.